The molecule has 4 aliphatic rings. The minimum Gasteiger partial charge on any atom is -0.489 e. The Morgan fingerprint density at radius 2 is 0.977 bits per heavy atom. The summed E-state index contributed by atoms with van der Waals surface area (Å²) in [6, 6.07) is 17.6. The van der Waals surface area contributed by atoms with E-state index < -0.39 is 24.4 Å². The first-order valence-electron chi connectivity index (χ1n) is 14.0. The van der Waals surface area contributed by atoms with Gasteiger partial charge in [0.15, 0.2) is 23.7 Å². The van der Waals surface area contributed by atoms with Crippen LogP contribution in [0.4, 0.5) is 0 Å². The largest absolute Gasteiger partial charge is 0.489 e. The van der Waals surface area contributed by atoms with Gasteiger partial charge >= 0.3 is 0 Å². The van der Waals surface area contributed by atoms with Crippen LogP contribution < -0.4 is 20.3 Å². The minimum atomic E-state index is -0.515. The van der Waals surface area contributed by atoms with E-state index in [4.69, 9.17) is 51.0 Å². The van der Waals surface area contributed by atoms with E-state index in [1.807, 2.05) is 36.4 Å². The summed E-state index contributed by atoms with van der Waals surface area (Å²) in [6.07, 6.45) is 5.00. The van der Waals surface area contributed by atoms with Gasteiger partial charge in [-0.1, -0.05) is 47.5 Å². The van der Waals surface area contributed by atoms with Gasteiger partial charge in [0.25, 0.3) is 0 Å². The Balaban J connectivity index is 1.08. The van der Waals surface area contributed by atoms with Gasteiger partial charge in [0.1, 0.15) is 23.4 Å². The van der Waals surface area contributed by atoms with Gasteiger partial charge in [-0.05, 0) is 59.7 Å². The van der Waals surface area contributed by atoms with Gasteiger partial charge in [-0.2, -0.15) is 0 Å². The average molecular weight is 627 g/mol. The highest BCUT2D eigenvalue weighted by Crippen LogP contribution is 2.52. The van der Waals surface area contributed by atoms with Crippen molar-refractivity contribution in [2.75, 3.05) is 0 Å². The third kappa shape index (κ3) is 3.71. The molecule has 0 unspecified atom stereocenters. The van der Waals surface area contributed by atoms with Crippen LogP contribution in [0.3, 0.4) is 0 Å². The second kappa shape index (κ2) is 9.42. The summed E-state index contributed by atoms with van der Waals surface area (Å²) in [5.74, 6) is 0.489. The standard InChI is InChI=1S/C34H20Cl2O8/c35-17-5-7-23-21(13-17)25(37)31-33(41-23)29-19(9-11-39-29)27(43-31)15-1-2-16(4-3-15)28-20-10-12-40-30(20)34-32(44-28)26(38)22-14-18(36)6-8-24(22)42-34/h1-14,19-20,27-30H/t19-,20-,27+,28+,29-,30-/m1/s1. The lowest BCUT2D eigenvalue weighted by atomic mass is 9.85. The Morgan fingerprint density at radius 1 is 0.545 bits per heavy atom. The van der Waals surface area contributed by atoms with Crippen molar-refractivity contribution in [1.29, 1.82) is 0 Å². The van der Waals surface area contributed by atoms with Gasteiger partial charge < -0.3 is 27.8 Å². The average Bonchev–Trinajstić information content (AvgIpc) is 3.73. The van der Waals surface area contributed by atoms with Crippen LogP contribution in [0.5, 0.6) is 11.5 Å². The molecule has 0 saturated heterocycles. The maximum atomic E-state index is 13.5. The van der Waals surface area contributed by atoms with Crippen molar-refractivity contribution in [3.05, 3.63) is 138 Å². The normalized spacial score (nSPS) is 25.8. The molecule has 5 aromatic rings. The molecule has 6 atom stereocenters. The molecule has 4 aliphatic heterocycles. The molecule has 0 bridgehead atoms. The predicted molar refractivity (Wildman–Crippen MR) is 161 cm³/mol. The van der Waals surface area contributed by atoms with E-state index in [2.05, 4.69) is 0 Å². The maximum absolute atomic E-state index is 13.5. The smallest absolute Gasteiger partial charge is 0.235 e. The highest BCUT2D eigenvalue weighted by Gasteiger charge is 2.47. The summed E-state index contributed by atoms with van der Waals surface area (Å²) in [5, 5.41) is 1.53. The Kier molecular flexibility index (Phi) is 5.52. The van der Waals surface area contributed by atoms with Gasteiger partial charge in [-0.15, -0.1) is 0 Å². The third-order valence-corrected chi connectivity index (χ3v) is 9.19. The van der Waals surface area contributed by atoms with E-state index in [9.17, 15) is 9.59 Å². The number of benzene rings is 3. The third-order valence-electron chi connectivity index (χ3n) is 8.72. The van der Waals surface area contributed by atoms with E-state index in [1.165, 1.54) is 0 Å². The first kappa shape index (κ1) is 25.8. The van der Waals surface area contributed by atoms with E-state index in [0.29, 0.717) is 43.5 Å². The molecule has 0 amide bonds. The van der Waals surface area contributed by atoms with Crippen LogP contribution in [-0.4, -0.2) is 0 Å². The lowest BCUT2D eigenvalue weighted by Gasteiger charge is -2.34. The highest BCUT2D eigenvalue weighted by atomic mass is 35.5. The maximum Gasteiger partial charge on any atom is 0.235 e. The number of ether oxygens (including phenoxy) is 4. The molecule has 2 aromatic heterocycles. The van der Waals surface area contributed by atoms with Crippen molar-refractivity contribution in [1.82, 2.24) is 0 Å². The molecule has 0 fully saturated rings. The number of hydrogen-bond acceptors (Lipinski definition) is 8. The number of fused-ring (bicyclic) bond motifs is 8. The van der Waals surface area contributed by atoms with Crippen molar-refractivity contribution in [3.8, 4) is 11.5 Å². The second-order valence-electron chi connectivity index (χ2n) is 11.2. The molecule has 44 heavy (non-hydrogen) atoms. The molecule has 0 N–H and O–H groups in total. The number of rotatable bonds is 2. The van der Waals surface area contributed by atoms with E-state index in [1.54, 1.807) is 48.9 Å². The van der Waals surface area contributed by atoms with Crippen molar-refractivity contribution >= 4 is 45.1 Å². The topological polar surface area (TPSA) is 97.3 Å². The monoisotopic (exact) mass is 626 g/mol. The molecule has 6 heterocycles. The molecule has 3 aromatic carbocycles. The second-order valence-corrected chi connectivity index (χ2v) is 12.1. The molecule has 9 rings (SSSR count). The summed E-state index contributed by atoms with van der Waals surface area (Å²) < 4.78 is 36.8. The van der Waals surface area contributed by atoms with Gasteiger partial charge in [0.2, 0.25) is 22.4 Å². The van der Waals surface area contributed by atoms with Crippen molar-refractivity contribution in [2.45, 2.75) is 24.4 Å². The molecule has 8 nitrogen and oxygen atoms in total. The fraction of sp³-hybridized carbons (Fsp3) is 0.176. The summed E-state index contributed by atoms with van der Waals surface area (Å²) in [5.41, 5.74) is 1.89. The zero-order valence-corrected chi connectivity index (χ0v) is 24.1. The Hall–Kier alpha value is -4.66. The lowest BCUT2D eigenvalue weighted by Crippen LogP contribution is -2.31. The van der Waals surface area contributed by atoms with Crippen LogP contribution in [-0.2, 0) is 9.47 Å². The summed E-state index contributed by atoms with van der Waals surface area (Å²) in [7, 11) is 0. The number of hydrogen-bond donors (Lipinski definition) is 0. The van der Waals surface area contributed by atoms with Crippen molar-refractivity contribution in [3.63, 3.8) is 0 Å². The van der Waals surface area contributed by atoms with Crippen LogP contribution in [0.1, 0.15) is 47.1 Å². The lowest BCUT2D eigenvalue weighted by molar-refractivity contribution is 0.0144. The zero-order valence-electron chi connectivity index (χ0n) is 22.6. The van der Waals surface area contributed by atoms with Gasteiger partial charge in [-0.3, -0.25) is 9.59 Å². The first-order chi connectivity index (χ1) is 21.4. The fourth-order valence-electron chi connectivity index (χ4n) is 6.62. The summed E-state index contributed by atoms with van der Waals surface area (Å²) in [4.78, 5) is 27.0. The molecule has 0 saturated carbocycles. The van der Waals surface area contributed by atoms with E-state index >= 15 is 0 Å². The van der Waals surface area contributed by atoms with Crippen LogP contribution in [0.15, 0.2) is 104 Å². The molecular weight excluding hydrogens is 607 g/mol. The van der Waals surface area contributed by atoms with Gasteiger partial charge in [-0.25, -0.2) is 0 Å². The molecule has 0 spiro atoms. The Morgan fingerprint density at radius 3 is 1.41 bits per heavy atom. The predicted octanol–water partition coefficient (Wildman–Crippen LogP) is 7.88. The van der Waals surface area contributed by atoms with Crippen molar-refractivity contribution < 1.29 is 27.8 Å². The zero-order chi connectivity index (χ0) is 29.7. The Bertz CT molecular complexity index is 2040. The van der Waals surface area contributed by atoms with E-state index in [-0.39, 0.29) is 34.2 Å². The number of halogens is 2. The minimum absolute atomic E-state index is 0.112. The Labute approximate surface area is 258 Å². The van der Waals surface area contributed by atoms with Crippen LogP contribution in [0.25, 0.3) is 21.9 Å². The molecule has 10 heteroatoms. The van der Waals surface area contributed by atoms with Crippen LogP contribution in [0.2, 0.25) is 10.0 Å². The SMILES string of the molecule is O=c1c2c(oc3ccc(Cl)cc13)[C@@H]1OC=C[C@@H]1[C@H](c1ccc([C@@H]3Oc4c(oc5ccc(Cl)cc5c4=O)[C@@H]4OC=C[C@H]34)cc1)O2. The molecule has 0 aliphatic carbocycles. The molecule has 0 radical (unpaired) electrons. The van der Waals surface area contributed by atoms with Gasteiger partial charge in [0.05, 0.1) is 35.1 Å². The molecular formula is C34H20Cl2O8. The summed E-state index contributed by atoms with van der Waals surface area (Å²) >= 11 is 12.3. The highest BCUT2D eigenvalue weighted by molar-refractivity contribution is 6.31. The first-order valence-corrected chi connectivity index (χ1v) is 14.8. The van der Waals surface area contributed by atoms with Crippen LogP contribution >= 0.6 is 23.2 Å². The molecule has 218 valence electrons. The van der Waals surface area contributed by atoms with Crippen molar-refractivity contribution in [2.24, 2.45) is 11.8 Å². The quantitative estimate of drug-likeness (QED) is 0.195. The van der Waals surface area contributed by atoms with E-state index in [0.717, 1.165) is 11.1 Å². The van der Waals surface area contributed by atoms with Crippen LogP contribution in [0, 0.1) is 11.8 Å². The fourth-order valence-corrected chi connectivity index (χ4v) is 6.96. The summed E-state index contributed by atoms with van der Waals surface area (Å²) in [6.45, 7) is 0. The van der Waals surface area contributed by atoms with Gasteiger partial charge in [0, 0.05) is 10.0 Å².